The molecule has 0 atom stereocenters. The number of carbonyl (C=O) groups is 2. The van der Waals surface area contributed by atoms with Gasteiger partial charge in [0.2, 0.25) is 11.8 Å². The first-order chi connectivity index (χ1) is 13.1. The molecule has 0 bridgehead atoms. The molecular formula is C19H26N6O2. The first-order valence-electron chi connectivity index (χ1n) is 9.69. The molecule has 1 aliphatic carbocycles. The lowest BCUT2D eigenvalue weighted by molar-refractivity contribution is -0.132. The van der Waals surface area contributed by atoms with E-state index in [1.54, 1.807) is 10.9 Å². The second-order valence-electron chi connectivity index (χ2n) is 7.49. The predicted octanol–water partition coefficient (Wildman–Crippen LogP) is 1.03. The number of aromatic nitrogens is 4. The van der Waals surface area contributed by atoms with Crippen LogP contribution >= 0.6 is 0 Å². The van der Waals surface area contributed by atoms with Gasteiger partial charge < -0.3 is 10.2 Å². The zero-order valence-corrected chi connectivity index (χ0v) is 15.7. The number of nitrogens with one attached hydrogen (secondary N) is 1. The summed E-state index contributed by atoms with van der Waals surface area (Å²) in [6, 6.07) is 4.33. The maximum atomic E-state index is 12.7. The highest BCUT2D eigenvalue weighted by atomic mass is 16.2. The molecule has 27 heavy (non-hydrogen) atoms. The van der Waals surface area contributed by atoms with Crippen LogP contribution < -0.4 is 5.32 Å². The molecule has 8 nitrogen and oxygen atoms in total. The molecule has 1 aliphatic heterocycles. The molecule has 2 aromatic heterocycles. The smallest absolute Gasteiger partial charge is 0.244 e. The summed E-state index contributed by atoms with van der Waals surface area (Å²) in [4.78, 5) is 26.5. The van der Waals surface area contributed by atoms with Crippen LogP contribution in [0.4, 0.5) is 0 Å². The number of amides is 2. The second-order valence-corrected chi connectivity index (χ2v) is 7.49. The van der Waals surface area contributed by atoms with E-state index in [9.17, 15) is 9.59 Å². The normalized spacial score (nSPS) is 16.7. The van der Waals surface area contributed by atoms with Gasteiger partial charge in [0.05, 0.1) is 17.9 Å². The minimum absolute atomic E-state index is 0.0711. The summed E-state index contributed by atoms with van der Waals surface area (Å²) in [5, 5.41) is 11.9. The Hall–Kier alpha value is -2.64. The van der Waals surface area contributed by atoms with Gasteiger partial charge in [0.1, 0.15) is 6.54 Å². The average Bonchev–Trinajstić information content (AvgIpc) is 3.30. The molecule has 8 heteroatoms. The van der Waals surface area contributed by atoms with Crippen molar-refractivity contribution in [2.45, 2.75) is 64.7 Å². The first-order valence-corrected chi connectivity index (χ1v) is 9.69. The molecule has 0 spiro atoms. The zero-order chi connectivity index (χ0) is 18.8. The van der Waals surface area contributed by atoms with Gasteiger partial charge in [0, 0.05) is 43.9 Å². The van der Waals surface area contributed by atoms with E-state index in [4.69, 9.17) is 0 Å². The Morgan fingerprint density at radius 3 is 2.89 bits per heavy atom. The Morgan fingerprint density at radius 2 is 2.15 bits per heavy atom. The number of hydrogen-bond donors (Lipinski definition) is 1. The number of hydrogen-bond acceptors (Lipinski definition) is 4. The van der Waals surface area contributed by atoms with E-state index in [1.165, 1.54) is 0 Å². The first kappa shape index (κ1) is 17.8. The summed E-state index contributed by atoms with van der Waals surface area (Å²) in [5.74, 6) is 0.175. The molecule has 3 heterocycles. The van der Waals surface area contributed by atoms with Crippen LogP contribution in [0.2, 0.25) is 0 Å². The van der Waals surface area contributed by atoms with E-state index >= 15 is 0 Å². The summed E-state index contributed by atoms with van der Waals surface area (Å²) < 4.78 is 3.72. The number of aryl methyl sites for hydroxylation is 3. The van der Waals surface area contributed by atoms with Gasteiger partial charge in [0.25, 0.3) is 0 Å². The molecule has 1 N–H and O–H groups in total. The van der Waals surface area contributed by atoms with Crippen molar-refractivity contribution in [3.05, 3.63) is 35.4 Å². The SMILES string of the molecule is Cc1ccnn1CC(=O)N1CCCn2nc(CCC(=O)NC3CC3)cc2C1. The Labute approximate surface area is 158 Å². The topological polar surface area (TPSA) is 85.1 Å². The number of fused-ring (bicyclic) bond motifs is 1. The summed E-state index contributed by atoms with van der Waals surface area (Å²) in [7, 11) is 0. The molecule has 144 valence electrons. The van der Waals surface area contributed by atoms with Crippen LogP contribution in [-0.2, 0) is 35.6 Å². The summed E-state index contributed by atoms with van der Waals surface area (Å²) in [6.07, 6.45) is 5.90. The lowest BCUT2D eigenvalue weighted by Crippen LogP contribution is -2.34. The van der Waals surface area contributed by atoms with E-state index in [2.05, 4.69) is 15.5 Å². The van der Waals surface area contributed by atoms with Gasteiger partial charge in [-0.25, -0.2) is 0 Å². The number of carbonyl (C=O) groups excluding carboxylic acids is 2. The van der Waals surface area contributed by atoms with Gasteiger partial charge in [-0.15, -0.1) is 0 Å². The van der Waals surface area contributed by atoms with Gasteiger partial charge in [-0.2, -0.15) is 10.2 Å². The molecule has 2 amide bonds. The molecule has 2 aliphatic rings. The highest BCUT2D eigenvalue weighted by molar-refractivity contribution is 5.77. The van der Waals surface area contributed by atoms with Gasteiger partial charge in [0.15, 0.2) is 0 Å². The van der Waals surface area contributed by atoms with Crippen LogP contribution in [0.15, 0.2) is 18.3 Å². The quantitative estimate of drug-likeness (QED) is 0.823. The van der Waals surface area contributed by atoms with Crippen molar-refractivity contribution >= 4 is 11.8 Å². The molecule has 0 unspecified atom stereocenters. The maximum Gasteiger partial charge on any atom is 0.244 e. The van der Waals surface area contributed by atoms with Crippen molar-refractivity contribution in [2.24, 2.45) is 0 Å². The van der Waals surface area contributed by atoms with E-state index in [1.807, 2.05) is 28.6 Å². The van der Waals surface area contributed by atoms with Crippen LogP contribution in [0.25, 0.3) is 0 Å². The van der Waals surface area contributed by atoms with E-state index in [0.717, 1.165) is 49.4 Å². The van der Waals surface area contributed by atoms with Crippen LogP contribution in [0.5, 0.6) is 0 Å². The van der Waals surface area contributed by atoms with Crippen LogP contribution in [-0.4, -0.2) is 48.9 Å². The Morgan fingerprint density at radius 1 is 1.30 bits per heavy atom. The lowest BCUT2D eigenvalue weighted by atomic mass is 10.2. The highest BCUT2D eigenvalue weighted by Gasteiger charge is 2.24. The highest BCUT2D eigenvalue weighted by Crippen LogP contribution is 2.19. The minimum Gasteiger partial charge on any atom is -0.353 e. The van der Waals surface area contributed by atoms with Crippen molar-refractivity contribution in [2.75, 3.05) is 6.54 Å². The fourth-order valence-corrected chi connectivity index (χ4v) is 3.42. The van der Waals surface area contributed by atoms with Gasteiger partial charge >= 0.3 is 0 Å². The van der Waals surface area contributed by atoms with Crippen molar-refractivity contribution < 1.29 is 9.59 Å². The van der Waals surface area contributed by atoms with Crippen LogP contribution in [0.3, 0.4) is 0 Å². The van der Waals surface area contributed by atoms with Crippen molar-refractivity contribution in [1.82, 2.24) is 29.8 Å². The third-order valence-corrected chi connectivity index (χ3v) is 5.18. The van der Waals surface area contributed by atoms with Crippen LogP contribution in [0.1, 0.15) is 42.8 Å². The minimum atomic E-state index is 0.0711. The third-order valence-electron chi connectivity index (χ3n) is 5.18. The Bertz CT molecular complexity index is 835. The summed E-state index contributed by atoms with van der Waals surface area (Å²) in [5.41, 5.74) is 2.94. The molecule has 1 saturated carbocycles. The maximum absolute atomic E-state index is 12.7. The van der Waals surface area contributed by atoms with Gasteiger partial charge in [-0.3, -0.25) is 19.0 Å². The Kier molecular flexibility index (Phi) is 4.96. The fourth-order valence-electron chi connectivity index (χ4n) is 3.42. The van der Waals surface area contributed by atoms with Crippen molar-refractivity contribution in [3.63, 3.8) is 0 Å². The number of nitrogens with zero attached hydrogens (tertiary/aromatic N) is 5. The standard InChI is InChI=1S/C19H26N6O2/c1-14-7-8-20-25(14)13-19(27)23-9-2-10-24-17(12-23)11-16(22-24)5-6-18(26)21-15-3-4-15/h7-8,11,15H,2-6,9-10,12-13H2,1H3,(H,21,26). The predicted molar refractivity (Wildman–Crippen MR) is 98.7 cm³/mol. The Balaban J connectivity index is 1.36. The molecule has 4 rings (SSSR count). The molecule has 1 fully saturated rings. The summed E-state index contributed by atoms with van der Waals surface area (Å²) >= 11 is 0. The molecular weight excluding hydrogens is 344 g/mol. The summed E-state index contributed by atoms with van der Waals surface area (Å²) in [6.45, 7) is 4.29. The second kappa shape index (κ2) is 7.54. The lowest BCUT2D eigenvalue weighted by Gasteiger charge is -2.20. The number of rotatable bonds is 6. The molecule has 0 saturated heterocycles. The van der Waals surface area contributed by atoms with E-state index < -0.39 is 0 Å². The van der Waals surface area contributed by atoms with Crippen LogP contribution in [0, 0.1) is 6.92 Å². The fraction of sp³-hybridized carbons (Fsp3) is 0.579. The zero-order valence-electron chi connectivity index (χ0n) is 15.7. The van der Waals surface area contributed by atoms with Gasteiger partial charge in [-0.1, -0.05) is 0 Å². The molecule has 0 aromatic carbocycles. The average molecular weight is 370 g/mol. The van der Waals surface area contributed by atoms with Crippen molar-refractivity contribution in [1.29, 1.82) is 0 Å². The molecule has 0 radical (unpaired) electrons. The monoisotopic (exact) mass is 370 g/mol. The molecule has 2 aromatic rings. The largest absolute Gasteiger partial charge is 0.353 e. The van der Waals surface area contributed by atoms with Crippen molar-refractivity contribution in [3.8, 4) is 0 Å². The third kappa shape index (κ3) is 4.37. The van der Waals surface area contributed by atoms with Gasteiger partial charge in [-0.05, 0) is 38.3 Å². The van der Waals surface area contributed by atoms with E-state index in [0.29, 0.717) is 25.4 Å². The van der Waals surface area contributed by atoms with E-state index in [-0.39, 0.29) is 18.4 Å².